The molecule has 41 heavy (non-hydrogen) atoms. The van der Waals surface area contributed by atoms with E-state index in [0.717, 1.165) is 27.7 Å². The molecule has 0 spiro atoms. The topological polar surface area (TPSA) is 136 Å². The Morgan fingerprint density at radius 1 is 1.02 bits per heavy atom. The Hall–Kier alpha value is -4.86. The Morgan fingerprint density at radius 2 is 1.80 bits per heavy atom. The number of ether oxygens (including phenoxy) is 3. The maximum Gasteiger partial charge on any atom is 0.410 e. The van der Waals surface area contributed by atoms with E-state index >= 15 is 0 Å². The first kappa shape index (κ1) is 29.1. The van der Waals surface area contributed by atoms with Crippen molar-refractivity contribution in [3.8, 4) is 22.6 Å². The summed E-state index contributed by atoms with van der Waals surface area (Å²) in [6.07, 6.45) is -1.21. The van der Waals surface area contributed by atoms with E-state index in [1.54, 1.807) is 19.1 Å². The molecule has 0 aliphatic heterocycles. The number of aromatic nitrogens is 2. The van der Waals surface area contributed by atoms with Gasteiger partial charge < -0.3 is 19.3 Å². The summed E-state index contributed by atoms with van der Waals surface area (Å²) in [5, 5.41) is 25.2. The molecule has 0 radical (unpaired) electrons. The lowest BCUT2D eigenvalue weighted by atomic mass is 9.99. The average Bonchev–Trinajstić information content (AvgIpc) is 3.31. The Bertz CT molecular complexity index is 1580. The van der Waals surface area contributed by atoms with Crippen LogP contribution in [0.5, 0.6) is 11.5 Å². The molecule has 0 bridgehead atoms. The number of carbonyl (C=O) groups excluding carboxylic acids is 1. The van der Waals surface area contributed by atoms with Gasteiger partial charge in [0.25, 0.3) is 0 Å². The van der Waals surface area contributed by atoms with Gasteiger partial charge in [-0.05, 0) is 57.5 Å². The lowest BCUT2D eigenvalue weighted by molar-refractivity contribution is -0.142. The molecular formula is C31H34N4O6. The second kappa shape index (κ2) is 13.0. The van der Waals surface area contributed by atoms with Crippen molar-refractivity contribution in [3.63, 3.8) is 0 Å². The zero-order valence-electron chi connectivity index (χ0n) is 23.6. The van der Waals surface area contributed by atoms with Crippen molar-refractivity contribution in [1.29, 1.82) is 5.41 Å². The number of nitrogens with one attached hydrogen (secondary N) is 2. The van der Waals surface area contributed by atoms with E-state index in [2.05, 4.69) is 19.2 Å². The van der Waals surface area contributed by atoms with Gasteiger partial charge in [-0.25, -0.2) is 4.79 Å². The van der Waals surface area contributed by atoms with Crippen molar-refractivity contribution in [1.82, 2.24) is 15.1 Å². The van der Waals surface area contributed by atoms with Gasteiger partial charge in [-0.3, -0.25) is 20.2 Å². The normalized spacial score (nSPS) is 11.0. The van der Waals surface area contributed by atoms with Crippen molar-refractivity contribution in [2.24, 2.45) is 0 Å². The van der Waals surface area contributed by atoms with Crippen molar-refractivity contribution >= 4 is 28.8 Å². The van der Waals surface area contributed by atoms with Crippen molar-refractivity contribution < 1.29 is 28.9 Å². The first-order valence-corrected chi connectivity index (χ1v) is 13.5. The summed E-state index contributed by atoms with van der Waals surface area (Å²) in [5.74, 6) is 0.406. The number of carbonyl (C=O) groups is 2. The van der Waals surface area contributed by atoms with E-state index in [9.17, 15) is 9.59 Å². The standard InChI is InChI=1S/C31H34N4O6/c1-5-39-28(36)17-21-10-7-8-13-27(21)41-18-25-24-16-20(14-15-26(24)35(34-25)19(3)4)22-11-9-12-23(29(22)40-6-2)30(32)33-31(37)38/h7-16,19H,5-6,17-18H2,1-4H3,(H2,32,33)(H,37,38). The van der Waals surface area contributed by atoms with Crippen molar-refractivity contribution in [2.75, 3.05) is 13.2 Å². The van der Waals surface area contributed by atoms with E-state index in [4.69, 9.17) is 29.8 Å². The van der Waals surface area contributed by atoms with Crippen LogP contribution in [0.2, 0.25) is 0 Å². The number of fused-ring (bicyclic) bond motifs is 1. The minimum atomic E-state index is -1.32. The quantitative estimate of drug-likeness (QED) is 0.117. The van der Waals surface area contributed by atoms with Crippen LogP contribution in [0.1, 0.15) is 50.6 Å². The highest BCUT2D eigenvalue weighted by Crippen LogP contribution is 2.36. The van der Waals surface area contributed by atoms with Crippen LogP contribution in [0.3, 0.4) is 0 Å². The molecule has 1 heterocycles. The Labute approximate surface area is 238 Å². The predicted molar refractivity (Wildman–Crippen MR) is 156 cm³/mol. The predicted octanol–water partition coefficient (Wildman–Crippen LogP) is 5.96. The highest BCUT2D eigenvalue weighted by atomic mass is 16.5. The van der Waals surface area contributed by atoms with Gasteiger partial charge >= 0.3 is 12.1 Å². The fourth-order valence-corrected chi connectivity index (χ4v) is 4.61. The summed E-state index contributed by atoms with van der Waals surface area (Å²) in [6, 6.07) is 18.7. The average molecular weight is 559 g/mol. The van der Waals surface area contributed by atoms with Crippen molar-refractivity contribution in [2.45, 2.75) is 46.8 Å². The minimum Gasteiger partial charge on any atom is -0.492 e. The number of rotatable bonds is 11. The third kappa shape index (κ3) is 6.66. The van der Waals surface area contributed by atoms with Gasteiger partial charge in [0.2, 0.25) is 0 Å². The number of esters is 1. The van der Waals surface area contributed by atoms with E-state index in [0.29, 0.717) is 35.8 Å². The minimum absolute atomic E-state index is 0.0954. The zero-order chi connectivity index (χ0) is 29.5. The lowest BCUT2D eigenvalue weighted by Gasteiger charge is -2.16. The summed E-state index contributed by atoms with van der Waals surface area (Å²) in [5.41, 5.74) is 4.25. The lowest BCUT2D eigenvalue weighted by Crippen LogP contribution is -2.29. The van der Waals surface area contributed by atoms with Gasteiger partial charge in [0.1, 0.15) is 29.6 Å². The molecule has 214 valence electrons. The number of benzene rings is 3. The molecule has 0 atom stereocenters. The van der Waals surface area contributed by atoms with Crippen LogP contribution in [0.15, 0.2) is 60.7 Å². The third-order valence-corrected chi connectivity index (χ3v) is 6.36. The number of amidine groups is 1. The molecule has 0 aliphatic rings. The van der Waals surface area contributed by atoms with Gasteiger partial charge in [0, 0.05) is 22.6 Å². The molecule has 0 fully saturated rings. The molecule has 3 N–H and O–H groups in total. The molecule has 4 aromatic rings. The van der Waals surface area contributed by atoms with Crippen LogP contribution < -0.4 is 14.8 Å². The Balaban J connectivity index is 1.74. The van der Waals surface area contributed by atoms with Crippen LogP contribution >= 0.6 is 0 Å². The number of hydrogen-bond donors (Lipinski definition) is 3. The molecule has 1 amide bonds. The molecule has 1 aromatic heterocycles. The SMILES string of the molecule is CCOC(=O)Cc1ccccc1OCc1nn(C(C)C)c2ccc(-c3cccc(C(=N)NC(=O)O)c3OCC)cc12. The van der Waals surface area contributed by atoms with Gasteiger partial charge in [-0.2, -0.15) is 5.10 Å². The van der Waals surface area contributed by atoms with Crippen LogP contribution in [-0.2, 0) is 22.6 Å². The maximum absolute atomic E-state index is 12.1. The van der Waals surface area contributed by atoms with Crippen LogP contribution in [0.4, 0.5) is 4.79 Å². The van der Waals surface area contributed by atoms with Crippen LogP contribution in [0, 0.1) is 5.41 Å². The van der Waals surface area contributed by atoms with Crippen molar-refractivity contribution in [3.05, 3.63) is 77.5 Å². The molecule has 4 rings (SSSR count). The molecule has 0 unspecified atom stereocenters. The Morgan fingerprint density at radius 3 is 2.51 bits per heavy atom. The largest absolute Gasteiger partial charge is 0.492 e. The number of carboxylic acid groups (broad SMARTS) is 1. The number of para-hydroxylation sites is 2. The zero-order valence-corrected chi connectivity index (χ0v) is 23.6. The molecule has 10 heteroatoms. The molecule has 10 nitrogen and oxygen atoms in total. The second-order valence-electron chi connectivity index (χ2n) is 9.52. The summed E-state index contributed by atoms with van der Waals surface area (Å²) in [6.45, 7) is 8.53. The fraction of sp³-hybridized carbons (Fsp3) is 0.290. The third-order valence-electron chi connectivity index (χ3n) is 6.36. The summed E-state index contributed by atoms with van der Waals surface area (Å²) in [4.78, 5) is 23.3. The van der Waals surface area contributed by atoms with Crippen LogP contribution in [0.25, 0.3) is 22.0 Å². The number of amides is 1. The highest BCUT2D eigenvalue weighted by Gasteiger charge is 2.20. The summed E-state index contributed by atoms with van der Waals surface area (Å²) >= 11 is 0. The smallest absolute Gasteiger partial charge is 0.410 e. The summed E-state index contributed by atoms with van der Waals surface area (Å²) in [7, 11) is 0. The second-order valence-corrected chi connectivity index (χ2v) is 9.52. The van der Waals surface area contributed by atoms with Gasteiger partial charge in [-0.1, -0.05) is 36.4 Å². The number of hydrogen-bond acceptors (Lipinski definition) is 7. The first-order chi connectivity index (χ1) is 19.7. The van der Waals surface area contributed by atoms with E-state index in [1.165, 1.54) is 0 Å². The van der Waals surface area contributed by atoms with Crippen LogP contribution in [-0.4, -0.2) is 46.0 Å². The highest BCUT2D eigenvalue weighted by molar-refractivity contribution is 6.07. The molecule has 0 saturated carbocycles. The van der Waals surface area contributed by atoms with E-state index in [1.807, 2.05) is 60.1 Å². The molecule has 3 aromatic carbocycles. The van der Waals surface area contributed by atoms with E-state index < -0.39 is 6.09 Å². The van der Waals surface area contributed by atoms with E-state index in [-0.39, 0.29) is 30.9 Å². The summed E-state index contributed by atoms with van der Waals surface area (Å²) < 4.78 is 19.2. The first-order valence-electron chi connectivity index (χ1n) is 13.5. The molecule has 0 saturated heterocycles. The van der Waals surface area contributed by atoms with Gasteiger partial charge in [0.15, 0.2) is 0 Å². The van der Waals surface area contributed by atoms with Gasteiger partial charge in [0.05, 0.1) is 30.7 Å². The molecular weight excluding hydrogens is 524 g/mol. The Kier molecular flexibility index (Phi) is 9.23. The van der Waals surface area contributed by atoms with Gasteiger partial charge in [-0.15, -0.1) is 0 Å². The monoisotopic (exact) mass is 558 g/mol. The maximum atomic E-state index is 12.1. The molecule has 0 aliphatic carbocycles. The number of nitrogens with zero attached hydrogens (tertiary/aromatic N) is 2. The fourth-order valence-electron chi connectivity index (χ4n) is 4.61.